The van der Waals surface area contributed by atoms with Crippen molar-refractivity contribution in [3.05, 3.63) is 23.8 Å². The van der Waals surface area contributed by atoms with Crippen LogP contribution < -0.4 is 11.5 Å². The van der Waals surface area contributed by atoms with E-state index in [0.717, 1.165) is 4.47 Å². The highest BCUT2D eigenvalue weighted by atomic mass is 32.2. The number of anilines is 1. The van der Waals surface area contributed by atoms with Crippen molar-refractivity contribution in [1.82, 2.24) is 4.47 Å². The van der Waals surface area contributed by atoms with E-state index in [1.807, 2.05) is 0 Å². The number of carbonyl (C=O) groups is 1. The number of carbonyl (C=O) groups excluding carboxylic acids is 1. The molecule has 1 amide bonds. The highest BCUT2D eigenvalue weighted by Crippen LogP contribution is 2.25. The number of benzene rings is 1. The van der Waals surface area contributed by atoms with Crippen LogP contribution in [0, 0.1) is 0 Å². The van der Waals surface area contributed by atoms with Crippen molar-refractivity contribution in [1.29, 1.82) is 0 Å². The molecule has 1 heterocycles. The fourth-order valence-corrected chi connectivity index (χ4v) is 3.06. The number of nitrogens with zero attached hydrogens (tertiary/aromatic N) is 1. The van der Waals surface area contributed by atoms with Gasteiger partial charge >= 0.3 is 0 Å². The van der Waals surface area contributed by atoms with E-state index < -0.39 is 15.9 Å². The maximum atomic E-state index is 12.1. The van der Waals surface area contributed by atoms with Gasteiger partial charge in [0.15, 0.2) is 0 Å². The van der Waals surface area contributed by atoms with E-state index in [0.29, 0.717) is 19.6 Å². The highest BCUT2D eigenvalue weighted by molar-refractivity contribution is 7.89. The van der Waals surface area contributed by atoms with Crippen molar-refractivity contribution >= 4 is 21.6 Å². The SMILES string of the molecule is NC(=O)c1ccc(S(=O)(=O)N2CCCO2)c(N)c1. The molecule has 4 N–H and O–H groups in total. The molecule has 2 rings (SSSR count). The molecular formula is C10H13N3O4S. The molecule has 0 atom stereocenters. The van der Waals surface area contributed by atoms with Crippen LogP contribution >= 0.6 is 0 Å². The second-order valence-corrected chi connectivity index (χ2v) is 5.63. The summed E-state index contributed by atoms with van der Waals surface area (Å²) in [6.07, 6.45) is 0.637. The number of hydrogen-bond acceptors (Lipinski definition) is 5. The molecule has 1 fully saturated rings. The van der Waals surface area contributed by atoms with Gasteiger partial charge in [0.25, 0.3) is 10.0 Å². The van der Waals surface area contributed by atoms with Crippen molar-refractivity contribution in [2.45, 2.75) is 11.3 Å². The predicted octanol–water partition coefficient (Wildman–Crippen LogP) is -0.306. The molecule has 7 nitrogen and oxygen atoms in total. The lowest BCUT2D eigenvalue weighted by Gasteiger charge is -2.15. The molecule has 0 radical (unpaired) electrons. The van der Waals surface area contributed by atoms with Gasteiger partial charge in [-0.25, -0.2) is 8.42 Å². The van der Waals surface area contributed by atoms with E-state index in [1.54, 1.807) is 0 Å². The van der Waals surface area contributed by atoms with Gasteiger partial charge in [0.2, 0.25) is 5.91 Å². The van der Waals surface area contributed by atoms with Gasteiger partial charge in [-0.05, 0) is 24.6 Å². The first-order chi connectivity index (χ1) is 8.43. The number of hydroxylamine groups is 1. The normalized spacial score (nSPS) is 16.9. The van der Waals surface area contributed by atoms with Gasteiger partial charge in [-0.1, -0.05) is 4.47 Å². The van der Waals surface area contributed by atoms with Gasteiger partial charge < -0.3 is 11.5 Å². The molecule has 0 saturated carbocycles. The van der Waals surface area contributed by atoms with E-state index in [4.69, 9.17) is 16.3 Å². The van der Waals surface area contributed by atoms with Crippen LogP contribution in [0.2, 0.25) is 0 Å². The van der Waals surface area contributed by atoms with Crippen molar-refractivity contribution in [2.24, 2.45) is 5.73 Å². The third-order valence-electron chi connectivity index (χ3n) is 2.56. The average Bonchev–Trinajstić information content (AvgIpc) is 2.82. The van der Waals surface area contributed by atoms with E-state index in [2.05, 4.69) is 0 Å². The summed E-state index contributed by atoms with van der Waals surface area (Å²) in [5.41, 5.74) is 10.9. The van der Waals surface area contributed by atoms with Crippen LogP contribution in [0.5, 0.6) is 0 Å². The quantitative estimate of drug-likeness (QED) is 0.732. The number of sulfonamides is 1. The van der Waals surface area contributed by atoms with Crippen LogP contribution in [0.3, 0.4) is 0 Å². The zero-order valence-corrected chi connectivity index (χ0v) is 10.3. The maximum absolute atomic E-state index is 12.1. The molecule has 1 saturated heterocycles. The molecule has 1 aliphatic heterocycles. The molecule has 0 aromatic heterocycles. The van der Waals surface area contributed by atoms with Crippen molar-refractivity contribution in [3.63, 3.8) is 0 Å². The second-order valence-electron chi connectivity index (χ2n) is 3.84. The van der Waals surface area contributed by atoms with Crippen LogP contribution in [0.4, 0.5) is 5.69 Å². The van der Waals surface area contributed by atoms with Gasteiger partial charge in [-0.3, -0.25) is 9.63 Å². The molecule has 8 heteroatoms. The average molecular weight is 271 g/mol. The standard InChI is InChI=1S/C10H13N3O4S/c11-8-6-7(10(12)14)2-3-9(8)18(15,16)13-4-1-5-17-13/h2-3,6H,1,4-5,11H2,(H2,12,14). The molecule has 0 unspecified atom stereocenters. The molecule has 1 aliphatic rings. The Morgan fingerprint density at radius 2 is 2.11 bits per heavy atom. The first kappa shape index (κ1) is 12.8. The fourth-order valence-electron chi connectivity index (χ4n) is 1.66. The van der Waals surface area contributed by atoms with Crippen LogP contribution in [0.25, 0.3) is 0 Å². The summed E-state index contributed by atoms with van der Waals surface area (Å²) in [4.78, 5) is 15.9. The van der Waals surface area contributed by atoms with E-state index in [-0.39, 0.29) is 16.1 Å². The Labute approximate surface area is 104 Å². The van der Waals surface area contributed by atoms with Crippen LogP contribution in [-0.2, 0) is 14.9 Å². The first-order valence-corrected chi connectivity index (χ1v) is 6.72. The predicted molar refractivity (Wildman–Crippen MR) is 63.8 cm³/mol. The Morgan fingerprint density at radius 3 is 2.61 bits per heavy atom. The van der Waals surface area contributed by atoms with E-state index in [9.17, 15) is 13.2 Å². The van der Waals surface area contributed by atoms with E-state index in [1.165, 1.54) is 18.2 Å². The molecule has 0 bridgehead atoms. The summed E-state index contributed by atoms with van der Waals surface area (Å²) in [5, 5.41) is 0. The van der Waals surface area contributed by atoms with E-state index >= 15 is 0 Å². The molecule has 1 aromatic carbocycles. The Bertz CT molecular complexity index is 579. The number of hydrogen-bond donors (Lipinski definition) is 2. The largest absolute Gasteiger partial charge is 0.398 e. The van der Waals surface area contributed by atoms with Crippen molar-refractivity contribution in [2.75, 3.05) is 18.9 Å². The number of nitrogens with two attached hydrogens (primary N) is 2. The summed E-state index contributed by atoms with van der Waals surface area (Å²) < 4.78 is 25.2. The summed E-state index contributed by atoms with van der Waals surface area (Å²) in [7, 11) is -3.78. The Balaban J connectivity index is 2.42. The van der Waals surface area contributed by atoms with Crippen molar-refractivity contribution < 1.29 is 18.0 Å². The zero-order chi connectivity index (χ0) is 13.3. The molecule has 18 heavy (non-hydrogen) atoms. The summed E-state index contributed by atoms with van der Waals surface area (Å²) in [6.45, 7) is 0.651. The number of amides is 1. The van der Waals surface area contributed by atoms with Gasteiger partial charge in [-0.15, -0.1) is 0 Å². The third kappa shape index (κ3) is 2.17. The lowest BCUT2D eigenvalue weighted by Crippen LogP contribution is -2.27. The van der Waals surface area contributed by atoms with Crippen LogP contribution in [-0.4, -0.2) is 31.9 Å². The minimum atomic E-state index is -3.78. The summed E-state index contributed by atoms with van der Waals surface area (Å²) in [5.74, 6) is -0.664. The molecule has 0 aliphatic carbocycles. The number of rotatable bonds is 3. The van der Waals surface area contributed by atoms with Crippen LogP contribution in [0.15, 0.2) is 23.1 Å². The minimum Gasteiger partial charge on any atom is -0.398 e. The molecule has 1 aromatic rings. The van der Waals surface area contributed by atoms with Gasteiger partial charge in [0, 0.05) is 12.1 Å². The summed E-state index contributed by atoms with van der Waals surface area (Å²) >= 11 is 0. The monoisotopic (exact) mass is 271 g/mol. The Morgan fingerprint density at radius 1 is 1.39 bits per heavy atom. The molecule has 0 spiro atoms. The maximum Gasteiger partial charge on any atom is 0.267 e. The fraction of sp³-hybridized carbons (Fsp3) is 0.300. The zero-order valence-electron chi connectivity index (χ0n) is 9.50. The van der Waals surface area contributed by atoms with Gasteiger partial charge in [-0.2, -0.15) is 0 Å². The summed E-state index contributed by atoms with van der Waals surface area (Å²) in [6, 6.07) is 3.82. The lowest BCUT2D eigenvalue weighted by molar-refractivity contribution is -0.0284. The molecular weight excluding hydrogens is 258 g/mol. The van der Waals surface area contributed by atoms with Gasteiger partial charge in [0.1, 0.15) is 4.90 Å². The Kier molecular flexibility index (Phi) is 3.24. The smallest absolute Gasteiger partial charge is 0.267 e. The topological polar surface area (TPSA) is 116 Å². The minimum absolute atomic E-state index is 0.0261. The number of nitrogen functional groups attached to an aromatic ring is 1. The first-order valence-electron chi connectivity index (χ1n) is 5.28. The third-order valence-corrected chi connectivity index (χ3v) is 4.31. The van der Waals surface area contributed by atoms with Crippen molar-refractivity contribution in [3.8, 4) is 0 Å². The second kappa shape index (κ2) is 4.56. The Hall–Kier alpha value is -1.64. The van der Waals surface area contributed by atoms with Crippen LogP contribution in [0.1, 0.15) is 16.8 Å². The van der Waals surface area contributed by atoms with Gasteiger partial charge in [0.05, 0.1) is 12.3 Å². The number of primary amides is 1. The molecule has 98 valence electrons. The highest BCUT2D eigenvalue weighted by Gasteiger charge is 2.30. The lowest BCUT2D eigenvalue weighted by atomic mass is 10.2.